The molecule has 0 aliphatic carbocycles. The lowest BCUT2D eigenvalue weighted by Crippen LogP contribution is -2.48. The van der Waals surface area contributed by atoms with Crippen molar-refractivity contribution >= 4 is 52.3 Å². The Morgan fingerprint density at radius 2 is 1.75 bits per heavy atom. The predicted octanol–water partition coefficient (Wildman–Crippen LogP) is 3.57. The van der Waals surface area contributed by atoms with Gasteiger partial charge in [0.2, 0.25) is 0 Å². The van der Waals surface area contributed by atoms with Crippen molar-refractivity contribution in [2.24, 2.45) is 0 Å². The summed E-state index contributed by atoms with van der Waals surface area (Å²) in [4.78, 5) is 33.4. The van der Waals surface area contributed by atoms with E-state index in [0.717, 1.165) is 70.5 Å². The fourth-order valence-electron chi connectivity index (χ4n) is 5.03. The van der Waals surface area contributed by atoms with E-state index in [2.05, 4.69) is 9.80 Å². The van der Waals surface area contributed by atoms with Crippen LogP contribution < -0.4 is 4.90 Å². The highest BCUT2D eigenvalue weighted by Crippen LogP contribution is 2.34. The number of ether oxygens (including phenoxy) is 2. The van der Waals surface area contributed by atoms with Crippen LogP contribution in [0.1, 0.15) is 62.4 Å². The fourth-order valence-corrected chi connectivity index (χ4v) is 5.83. The highest BCUT2D eigenvalue weighted by molar-refractivity contribution is 7.80. The van der Waals surface area contributed by atoms with Gasteiger partial charge in [0.1, 0.15) is 12.1 Å². The molecule has 0 unspecified atom stereocenters. The van der Waals surface area contributed by atoms with Gasteiger partial charge in [-0.05, 0) is 82.8 Å². The number of rotatable bonds is 9. The quantitative estimate of drug-likeness (QED) is 0.270. The molecule has 0 radical (unpaired) electrons. The van der Waals surface area contributed by atoms with Gasteiger partial charge in [-0.2, -0.15) is 0 Å². The molecule has 0 saturated carbocycles. The van der Waals surface area contributed by atoms with Gasteiger partial charge in [-0.15, -0.1) is 0 Å². The molecule has 36 heavy (non-hydrogen) atoms. The molecule has 3 heterocycles. The molecule has 1 aromatic rings. The molecule has 8 nitrogen and oxygen atoms in total. The molecule has 0 aromatic heterocycles. The van der Waals surface area contributed by atoms with E-state index in [1.165, 1.54) is 0 Å². The number of fused-ring (bicyclic) bond motifs is 1. The van der Waals surface area contributed by atoms with Gasteiger partial charge in [0.25, 0.3) is 11.1 Å². The third kappa shape index (κ3) is 5.50. The van der Waals surface area contributed by atoms with Crippen LogP contribution in [0.15, 0.2) is 18.2 Å². The van der Waals surface area contributed by atoms with E-state index < -0.39 is 5.54 Å². The van der Waals surface area contributed by atoms with Crippen LogP contribution in [0.25, 0.3) is 0 Å². The molecule has 3 aliphatic heterocycles. The first-order valence-electron chi connectivity index (χ1n) is 12.8. The molecule has 196 valence electrons. The van der Waals surface area contributed by atoms with Gasteiger partial charge in [-0.1, -0.05) is 12.8 Å². The SMILES string of the molecule is CCOC(=S)N1CCN(CCCCCCN2C(=S)N(c3ccc4c(c3)COC4=O)C(=O)C2(C)C)CC1. The molecule has 0 bridgehead atoms. The summed E-state index contributed by atoms with van der Waals surface area (Å²) >= 11 is 11.1. The number of carbonyl (C=O) groups is 2. The first-order chi connectivity index (χ1) is 17.2. The number of unbranched alkanes of at least 4 members (excludes halogenated alkanes) is 3. The highest BCUT2D eigenvalue weighted by atomic mass is 32.1. The Hall–Kier alpha value is -2.30. The zero-order valence-electron chi connectivity index (χ0n) is 21.5. The number of piperazine rings is 1. The smallest absolute Gasteiger partial charge is 0.338 e. The van der Waals surface area contributed by atoms with Crippen molar-refractivity contribution in [3.63, 3.8) is 0 Å². The summed E-state index contributed by atoms with van der Waals surface area (Å²) in [5.74, 6) is -0.359. The Bertz CT molecular complexity index is 1020. The molecule has 2 saturated heterocycles. The maximum atomic E-state index is 13.3. The second-order valence-electron chi connectivity index (χ2n) is 9.99. The zero-order valence-corrected chi connectivity index (χ0v) is 23.1. The summed E-state index contributed by atoms with van der Waals surface area (Å²) < 4.78 is 10.6. The van der Waals surface area contributed by atoms with Gasteiger partial charge < -0.3 is 19.3 Å². The molecule has 2 fully saturated rings. The molecule has 4 rings (SSSR count). The van der Waals surface area contributed by atoms with Crippen LogP contribution in [0.3, 0.4) is 0 Å². The van der Waals surface area contributed by atoms with Crippen LogP contribution >= 0.6 is 24.4 Å². The Balaban J connectivity index is 1.21. The van der Waals surface area contributed by atoms with Gasteiger partial charge in [0.05, 0.1) is 17.9 Å². The van der Waals surface area contributed by atoms with E-state index in [0.29, 0.717) is 28.1 Å². The summed E-state index contributed by atoms with van der Waals surface area (Å²) in [5.41, 5.74) is 1.34. The predicted molar refractivity (Wildman–Crippen MR) is 147 cm³/mol. The molecule has 10 heteroatoms. The molecule has 0 atom stereocenters. The Morgan fingerprint density at radius 1 is 1.06 bits per heavy atom. The summed E-state index contributed by atoms with van der Waals surface area (Å²) in [6.45, 7) is 12.4. The van der Waals surface area contributed by atoms with E-state index in [9.17, 15) is 9.59 Å². The topological polar surface area (TPSA) is 65.6 Å². The summed E-state index contributed by atoms with van der Waals surface area (Å²) in [5, 5.41) is 1.15. The lowest BCUT2D eigenvalue weighted by Gasteiger charge is -2.35. The molecule has 0 spiro atoms. The van der Waals surface area contributed by atoms with Crippen LogP contribution in [0.2, 0.25) is 0 Å². The summed E-state index contributed by atoms with van der Waals surface area (Å²) in [6.07, 6.45) is 4.38. The van der Waals surface area contributed by atoms with E-state index in [1.54, 1.807) is 17.0 Å². The Kier molecular flexibility index (Phi) is 8.47. The highest BCUT2D eigenvalue weighted by Gasteiger charge is 2.49. The molecule has 0 N–H and O–H groups in total. The van der Waals surface area contributed by atoms with Crippen molar-refractivity contribution in [3.05, 3.63) is 29.3 Å². The van der Waals surface area contributed by atoms with Crippen LogP contribution in [0.5, 0.6) is 0 Å². The van der Waals surface area contributed by atoms with Gasteiger partial charge >= 0.3 is 5.97 Å². The third-order valence-corrected chi connectivity index (χ3v) is 8.03. The maximum absolute atomic E-state index is 13.3. The minimum absolute atomic E-state index is 0.0411. The summed E-state index contributed by atoms with van der Waals surface area (Å²) in [7, 11) is 0. The number of hydrogen-bond acceptors (Lipinski definition) is 7. The Morgan fingerprint density at radius 3 is 2.44 bits per heavy atom. The lowest BCUT2D eigenvalue weighted by molar-refractivity contribution is -0.123. The van der Waals surface area contributed by atoms with Crippen LogP contribution in [-0.2, 0) is 20.9 Å². The number of anilines is 1. The average Bonchev–Trinajstić information content (AvgIpc) is 3.30. The van der Waals surface area contributed by atoms with Crippen molar-refractivity contribution < 1.29 is 19.1 Å². The average molecular weight is 533 g/mol. The van der Waals surface area contributed by atoms with Crippen molar-refractivity contribution in [2.75, 3.05) is 50.8 Å². The number of amides is 1. The fraction of sp³-hybridized carbons (Fsp3) is 0.615. The van der Waals surface area contributed by atoms with Crippen molar-refractivity contribution in [3.8, 4) is 0 Å². The molecular formula is C26H36N4O4S2. The number of thiocarbonyl (C=S) groups is 2. The second-order valence-corrected chi connectivity index (χ2v) is 10.7. The van der Waals surface area contributed by atoms with Crippen LogP contribution in [0, 0.1) is 0 Å². The minimum atomic E-state index is -0.704. The van der Waals surface area contributed by atoms with Crippen LogP contribution in [-0.4, -0.2) is 88.3 Å². The number of carbonyl (C=O) groups excluding carboxylic acids is 2. The van der Waals surface area contributed by atoms with Gasteiger partial charge in [0, 0.05) is 38.3 Å². The monoisotopic (exact) mass is 532 g/mol. The standard InChI is InChI=1S/C26H36N4O4S2/c1-4-33-25(36)28-15-13-27(14-16-28)11-7-5-6-8-12-29-24(35)30(23(32)26(29,2)3)20-9-10-21-19(17-20)18-34-22(21)31/h9-10,17H,4-8,11-16,18H2,1-3H3. The number of nitrogens with zero attached hydrogens (tertiary/aromatic N) is 4. The minimum Gasteiger partial charge on any atom is -0.471 e. The first-order valence-corrected chi connectivity index (χ1v) is 13.7. The van der Waals surface area contributed by atoms with Crippen molar-refractivity contribution in [1.82, 2.24) is 14.7 Å². The molecular weight excluding hydrogens is 496 g/mol. The first kappa shape index (κ1) is 26.8. The van der Waals surface area contributed by atoms with E-state index in [1.807, 2.05) is 31.7 Å². The van der Waals surface area contributed by atoms with Crippen LogP contribution in [0.4, 0.5) is 5.69 Å². The lowest BCUT2D eigenvalue weighted by atomic mass is 10.0. The van der Waals surface area contributed by atoms with E-state index in [4.69, 9.17) is 33.9 Å². The Labute approximate surface area is 224 Å². The van der Waals surface area contributed by atoms with E-state index in [-0.39, 0.29) is 18.5 Å². The third-order valence-electron chi connectivity index (χ3n) is 7.25. The normalized spacial score (nSPS) is 19.6. The molecule has 1 aromatic carbocycles. The largest absolute Gasteiger partial charge is 0.471 e. The summed E-state index contributed by atoms with van der Waals surface area (Å²) in [6, 6.07) is 5.34. The van der Waals surface area contributed by atoms with Crippen molar-refractivity contribution in [2.45, 2.75) is 58.6 Å². The molecule has 3 aliphatic rings. The van der Waals surface area contributed by atoms with Gasteiger partial charge in [0.15, 0.2) is 5.11 Å². The maximum Gasteiger partial charge on any atom is 0.338 e. The zero-order chi connectivity index (χ0) is 25.9. The van der Waals surface area contributed by atoms with Crippen molar-refractivity contribution in [1.29, 1.82) is 0 Å². The second kappa shape index (κ2) is 11.4. The number of esters is 1. The number of cyclic esters (lactones) is 1. The number of hydrogen-bond donors (Lipinski definition) is 0. The van der Waals surface area contributed by atoms with E-state index >= 15 is 0 Å². The van der Waals surface area contributed by atoms with Gasteiger partial charge in [-0.3, -0.25) is 14.6 Å². The van der Waals surface area contributed by atoms with Gasteiger partial charge in [-0.25, -0.2) is 4.79 Å². The molecule has 1 amide bonds. The number of benzene rings is 1.